The molecule has 0 aliphatic carbocycles. The summed E-state index contributed by atoms with van der Waals surface area (Å²) in [6.07, 6.45) is 1.57. The summed E-state index contributed by atoms with van der Waals surface area (Å²) in [5, 5.41) is 8.74. The molecule has 0 saturated carbocycles. The molecule has 6 heteroatoms. The second kappa shape index (κ2) is 6.96. The summed E-state index contributed by atoms with van der Waals surface area (Å²) in [5.41, 5.74) is 0. The predicted octanol–water partition coefficient (Wildman–Crippen LogP) is 1.55. The van der Waals surface area contributed by atoms with Crippen molar-refractivity contribution in [3.63, 3.8) is 0 Å². The van der Waals surface area contributed by atoms with E-state index in [4.69, 9.17) is 5.11 Å². The van der Waals surface area contributed by atoms with Gasteiger partial charge in [-0.05, 0) is 19.8 Å². The van der Waals surface area contributed by atoms with Gasteiger partial charge in [-0.25, -0.2) is 8.42 Å². The zero-order valence-electron chi connectivity index (χ0n) is 11.0. The molecule has 0 aliphatic rings. The van der Waals surface area contributed by atoms with E-state index in [0.717, 1.165) is 17.1 Å². The van der Waals surface area contributed by atoms with Crippen molar-refractivity contribution >= 4 is 16.0 Å². The fraction of sp³-hybridized carbons (Fsp3) is 0.909. The number of aliphatic carboxylic acids is 1. The summed E-state index contributed by atoms with van der Waals surface area (Å²) >= 11 is 0. The second-order valence-corrected chi connectivity index (χ2v) is 6.46. The van der Waals surface area contributed by atoms with Gasteiger partial charge in [-0.3, -0.25) is 4.79 Å². The third-order valence-corrected chi connectivity index (χ3v) is 4.98. The number of carbonyl (C=O) groups is 1. The van der Waals surface area contributed by atoms with Crippen molar-refractivity contribution in [1.82, 2.24) is 4.31 Å². The lowest BCUT2D eigenvalue weighted by Gasteiger charge is -2.26. The molecule has 1 N–H and O–H groups in total. The second-order valence-electron chi connectivity index (χ2n) is 4.49. The molecule has 0 rings (SSSR count). The molecule has 0 aromatic carbocycles. The Labute approximate surface area is 104 Å². The molecule has 0 unspecified atom stereocenters. The maximum atomic E-state index is 12.1. The summed E-state index contributed by atoms with van der Waals surface area (Å²) in [6, 6.07) is -0.328. The molecule has 0 fully saturated rings. The van der Waals surface area contributed by atoms with Crippen LogP contribution in [0.3, 0.4) is 0 Å². The molecular weight excluding hydrogens is 242 g/mol. The Morgan fingerprint density at radius 2 is 1.71 bits per heavy atom. The van der Waals surface area contributed by atoms with Gasteiger partial charge in [0.05, 0.1) is 5.75 Å². The van der Waals surface area contributed by atoms with Gasteiger partial charge in [-0.1, -0.05) is 26.7 Å². The molecule has 0 bridgehead atoms. The van der Waals surface area contributed by atoms with E-state index in [-0.39, 0.29) is 17.7 Å². The van der Waals surface area contributed by atoms with Crippen molar-refractivity contribution in [3.8, 4) is 0 Å². The third-order valence-electron chi connectivity index (χ3n) is 2.83. The maximum Gasteiger partial charge on any atom is 0.318 e. The number of hydrogen-bond acceptors (Lipinski definition) is 3. The smallest absolute Gasteiger partial charge is 0.318 e. The number of carboxylic acids is 1. The van der Waals surface area contributed by atoms with Crippen LogP contribution in [0.2, 0.25) is 0 Å². The molecule has 0 aromatic rings. The largest absolute Gasteiger partial charge is 0.480 e. The van der Waals surface area contributed by atoms with E-state index >= 15 is 0 Å². The fourth-order valence-electron chi connectivity index (χ4n) is 1.65. The van der Waals surface area contributed by atoms with E-state index in [0.29, 0.717) is 0 Å². The Morgan fingerprint density at radius 1 is 1.24 bits per heavy atom. The Kier molecular flexibility index (Phi) is 6.70. The van der Waals surface area contributed by atoms with Crippen LogP contribution in [0.25, 0.3) is 0 Å². The highest BCUT2D eigenvalue weighted by Crippen LogP contribution is 2.16. The summed E-state index contributed by atoms with van der Waals surface area (Å²) < 4.78 is 25.3. The molecule has 0 spiro atoms. The lowest BCUT2D eigenvalue weighted by Crippen LogP contribution is -2.43. The molecule has 0 aromatic heterocycles. The van der Waals surface area contributed by atoms with E-state index in [1.807, 2.05) is 13.8 Å². The zero-order valence-corrected chi connectivity index (χ0v) is 11.8. The van der Waals surface area contributed by atoms with Crippen LogP contribution in [0.4, 0.5) is 0 Å². The van der Waals surface area contributed by atoms with E-state index in [1.165, 1.54) is 0 Å². The summed E-state index contributed by atoms with van der Waals surface area (Å²) in [5.74, 6) is -0.993. The zero-order chi connectivity index (χ0) is 13.6. The molecular formula is C11H23NO4S. The van der Waals surface area contributed by atoms with Gasteiger partial charge in [0.25, 0.3) is 0 Å². The lowest BCUT2D eigenvalue weighted by atomic mass is 10.1. The average molecular weight is 265 g/mol. The fourth-order valence-corrected chi connectivity index (χ4v) is 3.86. The summed E-state index contributed by atoms with van der Waals surface area (Å²) in [4.78, 5) is 10.7. The number of nitrogens with zero attached hydrogens (tertiary/aromatic N) is 1. The van der Waals surface area contributed by atoms with Crippen LogP contribution >= 0.6 is 0 Å². The van der Waals surface area contributed by atoms with Crippen LogP contribution in [0.5, 0.6) is 0 Å². The van der Waals surface area contributed by atoms with Crippen LogP contribution < -0.4 is 0 Å². The van der Waals surface area contributed by atoms with E-state index in [2.05, 4.69) is 0 Å². The van der Waals surface area contributed by atoms with Gasteiger partial charge in [0, 0.05) is 6.04 Å². The standard InChI is InChI=1S/C11H23NO4S/c1-5-10(6-2)8-17(15,16)12(9(3)4)7-11(13)14/h9-10H,5-8H2,1-4H3,(H,13,14). The highest BCUT2D eigenvalue weighted by molar-refractivity contribution is 7.89. The molecule has 0 amide bonds. The van der Waals surface area contributed by atoms with Gasteiger partial charge in [-0.2, -0.15) is 4.31 Å². The van der Waals surface area contributed by atoms with Crippen molar-refractivity contribution < 1.29 is 18.3 Å². The minimum Gasteiger partial charge on any atom is -0.480 e. The Morgan fingerprint density at radius 3 is 2.00 bits per heavy atom. The predicted molar refractivity (Wildman–Crippen MR) is 67.3 cm³/mol. The Hall–Kier alpha value is -0.620. The van der Waals surface area contributed by atoms with Crippen LogP contribution in [-0.4, -0.2) is 42.1 Å². The van der Waals surface area contributed by atoms with Crippen LogP contribution in [0, 0.1) is 5.92 Å². The molecule has 0 atom stereocenters. The van der Waals surface area contributed by atoms with Crippen LogP contribution in [-0.2, 0) is 14.8 Å². The molecule has 0 radical (unpaired) electrons. The van der Waals surface area contributed by atoms with Gasteiger partial charge in [0.2, 0.25) is 10.0 Å². The molecule has 5 nitrogen and oxygen atoms in total. The van der Waals surface area contributed by atoms with E-state index < -0.39 is 22.5 Å². The topological polar surface area (TPSA) is 74.7 Å². The minimum absolute atomic E-state index is 0.0332. The number of rotatable bonds is 8. The van der Waals surface area contributed by atoms with Gasteiger partial charge in [0.15, 0.2) is 0 Å². The summed E-state index contributed by atoms with van der Waals surface area (Å²) in [6.45, 7) is 6.81. The number of carboxylic acid groups (broad SMARTS) is 1. The number of sulfonamides is 1. The first-order valence-electron chi connectivity index (χ1n) is 5.95. The van der Waals surface area contributed by atoms with Gasteiger partial charge >= 0.3 is 5.97 Å². The van der Waals surface area contributed by atoms with Crippen molar-refractivity contribution in [2.75, 3.05) is 12.3 Å². The van der Waals surface area contributed by atoms with Crippen LogP contribution in [0.1, 0.15) is 40.5 Å². The van der Waals surface area contributed by atoms with E-state index in [1.54, 1.807) is 13.8 Å². The van der Waals surface area contributed by atoms with Crippen molar-refractivity contribution in [2.45, 2.75) is 46.6 Å². The van der Waals surface area contributed by atoms with Crippen LogP contribution in [0.15, 0.2) is 0 Å². The first kappa shape index (κ1) is 16.4. The summed E-state index contributed by atoms with van der Waals surface area (Å²) in [7, 11) is -3.49. The van der Waals surface area contributed by atoms with Gasteiger partial charge in [0.1, 0.15) is 6.54 Å². The highest BCUT2D eigenvalue weighted by Gasteiger charge is 2.28. The van der Waals surface area contributed by atoms with Gasteiger partial charge < -0.3 is 5.11 Å². The Bertz CT molecular complexity index is 333. The minimum atomic E-state index is -3.49. The van der Waals surface area contributed by atoms with Crippen molar-refractivity contribution in [3.05, 3.63) is 0 Å². The van der Waals surface area contributed by atoms with Crippen molar-refractivity contribution in [2.24, 2.45) is 5.92 Å². The third kappa shape index (κ3) is 5.50. The molecule has 0 heterocycles. The quantitative estimate of drug-likeness (QED) is 0.722. The van der Waals surface area contributed by atoms with Crippen molar-refractivity contribution in [1.29, 1.82) is 0 Å². The molecule has 102 valence electrons. The maximum absolute atomic E-state index is 12.1. The first-order valence-corrected chi connectivity index (χ1v) is 7.56. The molecule has 17 heavy (non-hydrogen) atoms. The van der Waals surface area contributed by atoms with E-state index in [9.17, 15) is 13.2 Å². The average Bonchev–Trinajstić information content (AvgIpc) is 2.21. The highest BCUT2D eigenvalue weighted by atomic mass is 32.2. The lowest BCUT2D eigenvalue weighted by molar-refractivity contribution is -0.137. The normalized spacial score (nSPS) is 12.6. The first-order chi connectivity index (χ1) is 7.74. The molecule has 0 saturated heterocycles. The Balaban J connectivity index is 4.89. The molecule has 0 aliphatic heterocycles. The van der Waals surface area contributed by atoms with Gasteiger partial charge in [-0.15, -0.1) is 0 Å². The SMILES string of the molecule is CCC(CC)CS(=O)(=O)N(CC(=O)O)C(C)C. The number of hydrogen-bond donors (Lipinski definition) is 1. The monoisotopic (exact) mass is 265 g/mol.